The summed E-state index contributed by atoms with van der Waals surface area (Å²) in [5.74, 6) is 5.82. The molecule has 2 aromatic rings. The molecule has 8 nitrogen and oxygen atoms in total. The van der Waals surface area contributed by atoms with Crippen molar-refractivity contribution in [3.05, 3.63) is 38.8 Å². The van der Waals surface area contributed by atoms with Crippen LogP contribution in [-0.2, 0) is 6.54 Å². The Kier molecular flexibility index (Phi) is 3.65. The molecule has 0 saturated carbocycles. The first-order chi connectivity index (χ1) is 8.69. The summed E-state index contributed by atoms with van der Waals surface area (Å²) in [5.41, 5.74) is 3.92. The highest BCUT2D eigenvalue weighted by Crippen LogP contribution is 2.20. The number of nitro groups is 1. The smallest absolute Gasteiger partial charge is 0.276 e. The minimum absolute atomic E-state index is 0.0789. The van der Waals surface area contributed by atoms with Crippen molar-refractivity contribution < 1.29 is 4.92 Å². The van der Waals surface area contributed by atoms with Crippen molar-refractivity contribution in [2.75, 3.05) is 10.7 Å². The second-order valence-electron chi connectivity index (χ2n) is 3.32. The molecule has 0 unspecified atom stereocenters. The molecule has 0 atom stereocenters. The molecule has 2 rings (SSSR count). The summed E-state index contributed by atoms with van der Waals surface area (Å²) < 4.78 is 0. The molecule has 2 aromatic heterocycles. The van der Waals surface area contributed by atoms with Gasteiger partial charge in [0.05, 0.1) is 29.1 Å². The van der Waals surface area contributed by atoms with Crippen molar-refractivity contribution >= 4 is 28.7 Å². The summed E-state index contributed by atoms with van der Waals surface area (Å²) in [7, 11) is 0. The summed E-state index contributed by atoms with van der Waals surface area (Å²) >= 11 is 1.49. The molecule has 4 N–H and O–H groups in total. The van der Waals surface area contributed by atoms with Crippen LogP contribution in [0.2, 0.25) is 0 Å². The number of thiazole rings is 1. The number of pyridine rings is 1. The van der Waals surface area contributed by atoms with E-state index in [4.69, 9.17) is 5.84 Å². The molecule has 0 aliphatic carbocycles. The summed E-state index contributed by atoms with van der Waals surface area (Å²) in [6.07, 6.45) is 1.72. The topological polar surface area (TPSA) is 119 Å². The lowest BCUT2D eigenvalue weighted by Crippen LogP contribution is -2.10. The maximum atomic E-state index is 10.7. The van der Waals surface area contributed by atoms with Crippen LogP contribution in [0, 0.1) is 10.1 Å². The van der Waals surface area contributed by atoms with Gasteiger partial charge in [0.1, 0.15) is 11.6 Å². The van der Waals surface area contributed by atoms with Crippen LogP contribution in [0.5, 0.6) is 0 Å². The van der Waals surface area contributed by atoms with E-state index in [1.54, 1.807) is 11.7 Å². The normalized spacial score (nSPS) is 10.1. The molecule has 0 amide bonds. The first kappa shape index (κ1) is 12.2. The van der Waals surface area contributed by atoms with Crippen LogP contribution in [0.3, 0.4) is 0 Å². The Morgan fingerprint density at radius 2 is 2.22 bits per heavy atom. The number of nitrogens with two attached hydrogens (primary N) is 1. The fourth-order valence-electron chi connectivity index (χ4n) is 1.29. The molecule has 0 fully saturated rings. The van der Waals surface area contributed by atoms with Gasteiger partial charge in [0.15, 0.2) is 0 Å². The van der Waals surface area contributed by atoms with Crippen LogP contribution in [0.4, 0.5) is 17.3 Å². The SMILES string of the molecule is NNc1cc([N+](=O)[O-])cc(NCc2cncs2)n1. The number of nitrogen functional groups attached to an aromatic ring is 1. The summed E-state index contributed by atoms with van der Waals surface area (Å²) in [5, 5.41) is 13.7. The standard InChI is InChI=1S/C9H10N6O2S/c10-14-9-2-6(15(16)17)1-8(13-9)12-4-7-3-11-5-18-7/h1-3,5H,4,10H2,(H2,12,13,14). The third-order valence-corrected chi connectivity index (χ3v) is 2.88. The monoisotopic (exact) mass is 266 g/mol. The molecule has 9 heteroatoms. The Hall–Kier alpha value is -2.26. The first-order valence-electron chi connectivity index (χ1n) is 4.93. The molecule has 0 aromatic carbocycles. The van der Waals surface area contributed by atoms with Crippen molar-refractivity contribution in [3.8, 4) is 0 Å². The lowest BCUT2D eigenvalue weighted by atomic mass is 10.3. The predicted octanol–water partition coefficient (Wildman–Crippen LogP) is 1.34. The lowest BCUT2D eigenvalue weighted by Gasteiger charge is -2.06. The molecule has 0 spiro atoms. The number of hydrogen-bond acceptors (Lipinski definition) is 8. The zero-order valence-corrected chi connectivity index (χ0v) is 9.98. The summed E-state index contributed by atoms with van der Waals surface area (Å²) in [6.45, 7) is 0.503. The van der Waals surface area contributed by atoms with Crippen LogP contribution < -0.4 is 16.6 Å². The molecule has 18 heavy (non-hydrogen) atoms. The van der Waals surface area contributed by atoms with Crippen molar-refractivity contribution in [1.29, 1.82) is 0 Å². The van der Waals surface area contributed by atoms with E-state index in [0.29, 0.717) is 12.4 Å². The van der Waals surface area contributed by atoms with Crippen LogP contribution in [0.25, 0.3) is 0 Å². The van der Waals surface area contributed by atoms with E-state index in [1.807, 2.05) is 0 Å². The highest BCUT2D eigenvalue weighted by Gasteiger charge is 2.10. The van der Waals surface area contributed by atoms with Gasteiger partial charge in [0, 0.05) is 11.1 Å². The fraction of sp³-hybridized carbons (Fsp3) is 0.111. The van der Waals surface area contributed by atoms with Gasteiger partial charge >= 0.3 is 0 Å². The second kappa shape index (κ2) is 5.38. The van der Waals surface area contributed by atoms with Crippen LogP contribution in [0.15, 0.2) is 23.8 Å². The van der Waals surface area contributed by atoms with Gasteiger partial charge in [-0.2, -0.15) is 0 Å². The van der Waals surface area contributed by atoms with E-state index >= 15 is 0 Å². The quantitative estimate of drug-likeness (QED) is 0.424. The van der Waals surface area contributed by atoms with Gasteiger partial charge in [-0.05, 0) is 0 Å². The zero-order chi connectivity index (χ0) is 13.0. The second-order valence-corrected chi connectivity index (χ2v) is 4.29. The summed E-state index contributed by atoms with van der Waals surface area (Å²) in [4.78, 5) is 19.2. The Bertz CT molecular complexity index is 544. The molecule has 0 aliphatic heterocycles. The third-order valence-electron chi connectivity index (χ3n) is 2.10. The largest absolute Gasteiger partial charge is 0.365 e. The first-order valence-corrected chi connectivity index (χ1v) is 5.81. The number of hydrazine groups is 1. The van der Waals surface area contributed by atoms with Gasteiger partial charge < -0.3 is 10.7 Å². The van der Waals surface area contributed by atoms with E-state index in [2.05, 4.69) is 20.7 Å². The number of nitrogens with one attached hydrogen (secondary N) is 2. The Labute approximate surface area is 106 Å². The van der Waals surface area contributed by atoms with Gasteiger partial charge in [-0.3, -0.25) is 15.1 Å². The van der Waals surface area contributed by atoms with E-state index in [0.717, 1.165) is 4.88 Å². The number of hydrogen-bond donors (Lipinski definition) is 3. The number of rotatable bonds is 5. The van der Waals surface area contributed by atoms with Gasteiger partial charge in [-0.15, -0.1) is 11.3 Å². The maximum Gasteiger partial charge on any atom is 0.276 e. The summed E-state index contributed by atoms with van der Waals surface area (Å²) in [6, 6.07) is 2.61. The minimum atomic E-state index is -0.500. The number of aromatic nitrogens is 2. The zero-order valence-electron chi connectivity index (χ0n) is 9.16. The van der Waals surface area contributed by atoms with Crippen molar-refractivity contribution in [2.45, 2.75) is 6.54 Å². The molecule has 0 saturated heterocycles. The Morgan fingerprint density at radius 1 is 1.44 bits per heavy atom. The maximum absolute atomic E-state index is 10.7. The lowest BCUT2D eigenvalue weighted by molar-refractivity contribution is -0.384. The predicted molar refractivity (Wildman–Crippen MR) is 68.1 cm³/mol. The molecule has 0 bridgehead atoms. The van der Waals surface area contributed by atoms with Gasteiger partial charge in [0.2, 0.25) is 0 Å². The van der Waals surface area contributed by atoms with Crippen molar-refractivity contribution in [2.24, 2.45) is 5.84 Å². The molecule has 2 heterocycles. The van der Waals surface area contributed by atoms with Crippen LogP contribution in [0.1, 0.15) is 4.88 Å². The van der Waals surface area contributed by atoms with Crippen LogP contribution >= 0.6 is 11.3 Å². The van der Waals surface area contributed by atoms with Crippen molar-refractivity contribution in [1.82, 2.24) is 9.97 Å². The van der Waals surface area contributed by atoms with Gasteiger partial charge in [0.25, 0.3) is 5.69 Å². The van der Waals surface area contributed by atoms with E-state index in [-0.39, 0.29) is 11.5 Å². The fourth-order valence-corrected chi connectivity index (χ4v) is 1.83. The van der Waals surface area contributed by atoms with Gasteiger partial charge in [-0.1, -0.05) is 0 Å². The average Bonchev–Trinajstić information content (AvgIpc) is 2.89. The van der Waals surface area contributed by atoms with E-state index < -0.39 is 4.92 Å². The van der Waals surface area contributed by atoms with E-state index in [1.165, 1.54) is 23.5 Å². The molecule has 0 radical (unpaired) electrons. The molecule has 94 valence electrons. The minimum Gasteiger partial charge on any atom is -0.365 e. The van der Waals surface area contributed by atoms with Crippen LogP contribution in [-0.4, -0.2) is 14.9 Å². The molecular formula is C9H10N6O2S. The Balaban J connectivity index is 2.16. The third kappa shape index (κ3) is 2.90. The number of anilines is 2. The highest BCUT2D eigenvalue weighted by molar-refractivity contribution is 7.09. The van der Waals surface area contributed by atoms with Gasteiger partial charge in [-0.25, -0.2) is 10.8 Å². The molecular weight excluding hydrogens is 256 g/mol. The Morgan fingerprint density at radius 3 is 2.83 bits per heavy atom. The van der Waals surface area contributed by atoms with E-state index in [9.17, 15) is 10.1 Å². The van der Waals surface area contributed by atoms with Crippen molar-refractivity contribution in [3.63, 3.8) is 0 Å². The number of nitrogens with zero attached hydrogens (tertiary/aromatic N) is 3. The average molecular weight is 266 g/mol. The molecule has 0 aliphatic rings. The highest BCUT2D eigenvalue weighted by atomic mass is 32.1.